The molecule has 0 atom stereocenters. The highest BCUT2D eigenvalue weighted by molar-refractivity contribution is 14.1. The fraction of sp³-hybridized carbons (Fsp3) is 0.130. The lowest BCUT2D eigenvalue weighted by Gasteiger charge is -2.10. The number of oxazole rings is 1. The predicted molar refractivity (Wildman–Crippen MR) is 121 cm³/mol. The highest BCUT2D eigenvalue weighted by Gasteiger charge is 2.14. The van der Waals surface area contributed by atoms with Crippen LogP contribution in [0.3, 0.4) is 0 Å². The molecule has 0 fully saturated rings. The van der Waals surface area contributed by atoms with Crippen LogP contribution in [0.5, 0.6) is 0 Å². The minimum atomic E-state index is -0.130. The van der Waals surface area contributed by atoms with E-state index in [1.54, 1.807) is 0 Å². The number of anilines is 1. The first-order valence-electron chi connectivity index (χ1n) is 8.97. The molecule has 5 heteroatoms. The molecule has 1 amide bonds. The van der Waals surface area contributed by atoms with Crippen molar-refractivity contribution < 1.29 is 9.21 Å². The molecule has 140 valence electrons. The Morgan fingerprint density at radius 1 is 1.00 bits per heavy atom. The molecule has 0 saturated heterocycles. The summed E-state index contributed by atoms with van der Waals surface area (Å²) in [5.74, 6) is 0.419. The van der Waals surface area contributed by atoms with Crippen molar-refractivity contribution in [2.75, 3.05) is 5.32 Å². The van der Waals surface area contributed by atoms with Gasteiger partial charge in [0.2, 0.25) is 5.89 Å². The van der Waals surface area contributed by atoms with Crippen LogP contribution in [-0.2, 0) is 0 Å². The van der Waals surface area contributed by atoms with Crippen LogP contribution < -0.4 is 5.32 Å². The van der Waals surface area contributed by atoms with Crippen LogP contribution in [0.25, 0.3) is 22.6 Å². The molecule has 1 N–H and O–H groups in total. The molecule has 0 unspecified atom stereocenters. The summed E-state index contributed by atoms with van der Waals surface area (Å²) in [5, 5.41) is 3.02. The average Bonchev–Trinajstić information content (AvgIpc) is 3.08. The summed E-state index contributed by atoms with van der Waals surface area (Å²) in [4.78, 5) is 17.3. The molecular formula is C23H19IN2O2. The molecule has 1 heterocycles. The Kier molecular flexibility index (Phi) is 4.93. The number of fused-ring (bicyclic) bond motifs is 1. The maximum absolute atomic E-state index is 12.7. The van der Waals surface area contributed by atoms with Gasteiger partial charge >= 0.3 is 0 Å². The van der Waals surface area contributed by atoms with Gasteiger partial charge in [-0.15, -0.1) is 0 Å². The van der Waals surface area contributed by atoms with E-state index in [1.807, 2.05) is 69.3 Å². The number of benzene rings is 3. The summed E-state index contributed by atoms with van der Waals surface area (Å²) in [6.07, 6.45) is 0. The summed E-state index contributed by atoms with van der Waals surface area (Å²) in [6, 6.07) is 17.5. The number of halogens is 1. The maximum atomic E-state index is 12.7. The van der Waals surface area contributed by atoms with Gasteiger partial charge in [-0.1, -0.05) is 24.3 Å². The second kappa shape index (κ2) is 7.39. The average molecular weight is 482 g/mol. The molecule has 1 aromatic heterocycles. The van der Waals surface area contributed by atoms with Crippen molar-refractivity contribution in [2.24, 2.45) is 0 Å². The van der Waals surface area contributed by atoms with E-state index in [0.717, 1.165) is 42.6 Å². The van der Waals surface area contributed by atoms with Crippen LogP contribution in [0.2, 0.25) is 0 Å². The number of carbonyl (C=O) groups is 1. The van der Waals surface area contributed by atoms with Crippen LogP contribution in [0.15, 0.2) is 59.0 Å². The Hall–Kier alpha value is -2.67. The van der Waals surface area contributed by atoms with E-state index in [0.29, 0.717) is 11.5 Å². The predicted octanol–water partition coefficient (Wildman–Crippen LogP) is 6.28. The summed E-state index contributed by atoms with van der Waals surface area (Å²) in [5.41, 5.74) is 7.07. The Morgan fingerprint density at radius 3 is 2.57 bits per heavy atom. The molecule has 0 saturated carbocycles. The number of hydrogen-bond donors (Lipinski definition) is 1. The number of nitrogens with zero attached hydrogens (tertiary/aromatic N) is 1. The van der Waals surface area contributed by atoms with Gasteiger partial charge in [0.1, 0.15) is 5.52 Å². The van der Waals surface area contributed by atoms with Gasteiger partial charge in [-0.25, -0.2) is 4.98 Å². The van der Waals surface area contributed by atoms with Crippen molar-refractivity contribution in [1.29, 1.82) is 0 Å². The van der Waals surface area contributed by atoms with Crippen molar-refractivity contribution in [3.63, 3.8) is 0 Å². The molecule has 4 rings (SSSR count). The van der Waals surface area contributed by atoms with E-state index in [1.165, 1.54) is 0 Å². The lowest BCUT2D eigenvalue weighted by atomic mass is 10.1. The fourth-order valence-electron chi connectivity index (χ4n) is 3.22. The first-order valence-corrected chi connectivity index (χ1v) is 10.0. The molecule has 28 heavy (non-hydrogen) atoms. The van der Waals surface area contributed by atoms with Crippen LogP contribution in [-0.4, -0.2) is 10.9 Å². The van der Waals surface area contributed by atoms with Crippen molar-refractivity contribution >= 4 is 45.3 Å². The van der Waals surface area contributed by atoms with Crippen molar-refractivity contribution in [3.8, 4) is 11.5 Å². The molecule has 4 aromatic rings. The molecule has 0 spiro atoms. The fourth-order valence-corrected chi connectivity index (χ4v) is 3.86. The lowest BCUT2D eigenvalue weighted by molar-refractivity contribution is 0.102. The minimum absolute atomic E-state index is 0.130. The molecule has 0 aliphatic heterocycles. The van der Waals surface area contributed by atoms with Gasteiger partial charge in [0.25, 0.3) is 5.91 Å². The van der Waals surface area contributed by atoms with Crippen molar-refractivity contribution in [2.45, 2.75) is 20.8 Å². The van der Waals surface area contributed by atoms with Gasteiger partial charge in [-0.3, -0.25) is 4.79 Å². The standard InChI is InChI=1S/C23H19IN2O2/c1-13-10-15(3)21-20(11-13)26-23(28-21)16-9-8-14(2)19(12-16)25-22(27)17-6-4-5-7-18(17)24/h4-12H,1-3H3,(H,25,27). The van der Waals surface area contributed by atoms with Crippen LogP contribution >= 0.6 is 22.6 Å². The quantitative estimate of drug-likeness (QED) is 0.350. The van der Waals surface area contributed by atoms with Gasteiger partial charge in [-0.2, -0.15) is 0 Å². The second-order valence-corrected chi connectivity index (χ2v) is 8.07. The summed E-state index contributed by atoms with van der Waals surface area (Å²) in [6.45, 7) is 6.03. The van der Waals surface area contributed by atoms with E-state index in [4.69, 9.17) is 4.42 Å². The number of aryl methyl sites for hydroxylation is 3. The first kappa shape index (κ1) is 18.7. The zero-order valence-corrected chi connectivity index (χ0v) is 18.0. The van der Waals surface area contributed by atoms with Crippen molar-refractivity contribution in [1.82, 2.24) is 4.98 Å². The number of amides is 1. The molecule has 0 radical (unpaired) electrons. The molecule has 0 aliphatic rings. The third-order valence-corrected chi connectivity index (χ3v) is 5.61. The molecule has 0 aliphatic carbocycles. The topological polar surface area (TPSA) is 55.1 Å². The largest absolute Gasteiger partial charge is 0.436 e. The van der Waals surface area contributed by atoms with Crippen LogP contribution in [0.1, 0.15) is 27.0 Å². The monoisotopic (exact) mass is 482 g/mol. The SMILES string of the molecule is Cc1cc(C)c2oc(-c3ccc(C)c(NC(=O)c4ccccc4I)c3)nc2c1. The Labute approximate surface area is 177 Å². The smallest absolute Gasteiger partial charge is 0.256 e. The van der Waals surface area contributed by atoms with Crippen molar-refractivity contribution in [3.05, 3.63) is 80.4 Å². The van der Waals surface area contributed by atoms with Gasteiger partial charge in [0.05, 0.1) is 5.56 Å². The zero-order valence-electron chi connectivity index (χ0n) is 15.8. The van der Waals surface area contributed by atoms with E-state index in [2.05, 4.69) is 39.0 Å². The maximum Gasteiger partial charge on any atom is 0.256 e. The number of carbonyl (C=O) groups excluding carboxylic acids is 1. The molecular weight excluding hydrogens is 463 g/mol. The number of rotatable bonds is 3. The molecule has 0 bridgehead atoms. The Balaban J connectivity index is 1.71. The number of hydrogen-bond acceptors (Lipinski definition) is 3. The normalized spacial score (nSPS) is 11.0. The second-order valence-electron chi connectivity index (χ2n) is 6.91. The number of nitrogens with one attached hydrogen (secondary N) is 1. The third kappa shape index (κ3) is 3.54. The van der Waals surface area contributed by atoms with Crippen LogP contribution in [0.4, 0.5) is 5.69 Å². The summed E-state index contributed by atoms with van der Waals surface area (Å²) >= 11 is 2.17. The van der Waals surface area contributed by atoms with Gasteiger partial charge < -0.3 is 9.73 Å². The highest BCUT2D eigenvalue weighted by atomic mass is 127. The zero-order chi connectivity index (χ0) is 19.8. The molecule has 4 nitrogen and oxygen atoms in total. The molecule has 3 aromatic carbocycles. The third-order valence-electron chi connectivity index (χ3n) is 4.67. The van der Waals surface area contributed by atoms with E-state index in [9.17, 15) is 4.79 Å². The lowest BCUT2D eigenvalue weighted by Crippen LogP contribution is -2.14. The van der Waals surface area contributed by atoms with E-state index < -0.39 is 0 Å². The van der Waals surface area contributed by atoms with Crippen LogP contribution in [0, 0.1) is 24.3 Å². The first-order chi connectivity index (χ1) is 13.4. The van der Waals surface area contributed by atoms with Gasteiger partial charge in [0.15, 0.2) is 5.58 Å². The Bertz CT molecular complexity index is 1210. The summed E-state index contributed by atoms with van der Waals surface area (Å²) in [7, 11) is 0. The summed E-state index contributed by atoms with van der Waals surface area (Å²) < 4.78 is 6.93. The van der Waals surface area contributed by atoms with Gasteiger partial charge in [-0.05, 0) is 90.4 Å². The van der Waals surface area contributed by atoms with Gasteiger partial charge in [0, 0.05) is 14.8 Å². The minimum Gasteiger partial charge on any atom is -0.436 e. The van der Waals surface area contributed by atoms with E-state index in [-0.39, 0.29) is 5.91 Å². The number of aromatic nitrogens is 1. The Morgan fingerprint density at radius 2 is 1.79 bits per heavy atom. The van der Waals surface area contributed by atoms with E-state index >= 15 is 0 Å². The highest BCUT2D eigenvalue weighted by Crippen LogP contribution is 2.30.